The molecule has 3 unspecified atom stereocenters. The molecule has 2 aromatic rings. The van der Waals surface area contributed by atoms with Crippen molar-refractivity contribution in [3.63, 3.8) is 0 Å². The second-order valence-corrected chi connectivity index (χ2v) is 6.98. The van der Waals surface area contributed by atoms with Gasteiger partial charge in [0, 0.05) is 18.6 Å². The third-order valence-corrected chi connectivity index (χ3v) is 5.31. The van der Waals surface area contributed by atoms with Gasteiger partial charge in [-0.2, -0.15) is 0 Å². The van der Waals surface area contributed by atoms with E-state index in [1.807, 2.05) is 0 Å². The van der Waals surface area contributed by atoms with Crippen LogP contribution < -0.4 is 5.32 Å². The van der Waals surface area contributed by atoms with Crippen molar-refractivity contribution in [1.29, 1.82) is 0 Å². The highest BCUT2D eigenvalue weighted by Gasteiger charge is 2.45. The molecule has 0 aromatic heterocycles. The molecule has 3 heteroatoms. The summed E-state index contributed by atoms with van der Waals surface area (Å²) in [5, 5.41) is 14.9. The number of fused-ring (bicyclic) bond motifs is 1. The number of nitrogens with one attached hydrogen (secondary N) is 1. The average molecular weight is 309 g/mol. The van der Waals surface area contributed by atoms with Crippen molar-refractivity contribution in [1.82, 2.24) is 5.32 Å². The third-order valence-electron chi connectivity index (χ3n) is 5.31. The second kappa shape index (κ2) is 5.97. The Labute approximate surface area is 136 Å². The monoisotopic (exact) mass is 309 g/mol. The van der Waals surface area contributed by atoms with Gasteiger partial charge >= 0.3 is 0 Å². The number of rotatable bonds is 6. The molecule has 0 radical (unpaired) electrons. The summed E-state index contributed by atoms with van der Waals surface area (Å²) in [6.07, 6.45) is 3.99. The van der Waals surface area contributed by atoms with Crippen LogP contribution in [0, 0.1) is 11.8 Å². The summed E-state index contributed by atoms with van der Waals surface area (Å²) in [6, 6.07) is 14.9. The molecule has 2 aliphatic carbocycles. The summed E-state index contributed by atoms with van der Waals surface area (Å²) >= 11 is 0. The molecule has 120 valence electrons. The molecule has 2 aromatic carbocycles. The molecule has 0 aliphatic heterocycles. The van der Waals surface area contributed by atoms with Gasteiger partial charge in [0.2, 0.25) is 5.91 Å². The van der Waals surface area contributed by atoms with E-state index in [4.69, 9.17) is 0 Å². The lowest BCUT2D eigenvalue weighted by Gasteiger charge is -2.17. The number of hydrogen-bond donors (Lipinski definition) is 2. The van der Waals surface area contributed by atoms with E-state index in [1.54, 1.807) is 0 Å². The topological polar surface area (TPSA) is 49.3 Å². The maximum Gasteiger partial charge on any atom is 0.223 e. The molecule has 2 aliphatic rings. The normalized spacial score (nSPS) is 24.4. The van der Waals surface area contributed by atoms with Crippen LogP contribution in [-0.2, 0) is 4.79 Å². The largest absolute Gasteiger partial charge is 0.396 e. The number of carbonyl (C=O) groups excluding carboxylic acids is 1. The van der Waals surface area contributed by atoms with E-state index in [0.717, 1.165) is 6.42 Å². The first-order valence-corrected chi connectivity index (χ1v) is 8.67. The molecule has 0 bridgehead atoms. The van der Waals surface area contributed by atoms with Gasteiger partial charge in [0.15, 0.2) is 0 Å². The quantitative estimate of drug-likeness (QED) is 0.861. The number of carbonyl (C=O) groups is 1. The summed E-state index contributed by atoms with van der Waals surface area (Å²) in [5.41, 5.74) is 1.30. The van der Waals surface area contributed by atoms with E-state index >= 15 is 0 Å². The Bertz CT molecular complexity index is 717. The molecule has 23 heavy (non-hydrogen) atoms. The van der Waals surface area contributed by atoms with Crippen molar-refractivity contribution in [2.45, 2.75) is 37.6 Å². The Morgan fingerprint density at radius 1 is 1.17 bits per heavy atom. The summed E-state index contributed by atoms with van der Waals surface area (Å²) in [7, 11) is 0. The predicted octanol–water partition coefficient (Wildman–Crippen LogP) is 3.22. The number of hydrogen-bond acceptors (Lipinski definition) is 2. The van der Waals surface area contributed by atoms with E-state index in [2.05, 4.69) is 47.8 Å². The van der Waals surface area contributed by atoms with Gasteiger partial charge in [-0.05, 0) is 53.9 Å². The zero-order valence-electron chi connectivity index (χ0n) is 13.2. The number of benzene rings is 2. The zero-order chi connectivity index (χ0) is 15.8. The first-order chi connectivity index (χ1) is 11.3. The van der Waals surface area contributed by atoms with E-state index in [9.17, 15) is 9.90 Å². The highest BCUT2D eigenvalue weighted by atomic mass is 16.3. The van der Waals surface area contributed by atoms with Gasteiger partial charge in [-0.3, -0.25) is 4.79 Å². The van der Waals surface area contributed by atoms with E-state index < -0.39 is 0 Å². The van der Waals surface area contributed by atoms with Crippen molar-refractivity contribution >= 4 is 16.7 Å². The first kappa shape index (κ1) is 14.7. The molecular weight excluding hydrogens is 286 g/mol. The molecule has 3 nitrogen and oxygen atoms in total. The van der Waals surface area contributed by atoms with Gasteiger partial charge in [-0.15, -0.1) is 0 Å². The van der Waals surface area contributed by atoms with Gasteiger partial charge in [-0.1, -0.05) is 42.5 Å². The Hall–Kier alpha value is -1.87. The maximum atomic E-state index is 12.5. The fraction of sp³-hybridized carbons (Fsp3) is 0.450. The fourth-order valence-electron chi connectivity index (χ4n) is 3.76. The highest BCUT2D eigenvalue weighted by molar-refractivity contribution is 5.89. The van der Waals surface area contributed by atoms with Crippen LogP contribution in [0.3, 0.4) is 0 Å². The van der Waals surface area contributed by atoms with Crippen LogP contribution >= 0.6 is 0 Å². The SMILES string of the molecule is O=C(NC(CCO)C1CC1)C1CC1c1cccc2ccccc12. The minimum atomic E-state index is 0.0979. The van der Waals surface area contributed by atoms with Gasteiger partial charge < -0.3 is 10.4 Å². The van der Waals surface area contributed by atoms with Crippen LogP contribution in [0.4, 0.5) is 0 Å². The van der Waals surface area contributed by atoms with Crippen molar-refractivity contribution in [2.24, 2.45) is 11.8 Å². The van der Waals surface area contributed by atoms with Crippen molar-refractivity contribution in [3.8, 4) is 0 Å². The van der Waals surface area contributed by atoms with Gasteiger partial charge in [0.1, 0.15) is 0 Å². The molecule has 0 spiro atoms. The van der Waals surface area contributed by atoms with Crippen molar-refractivity contribution in [2.75, 3.05) is 6.61 Å². The minimum absolute atomic E-state index is 0.0979. The lowest BCUT2D eigenvalue weighted by atomic mass is 10.00. The van der Waals surface area contributed by atoms with Crippen LogP contribution in [0.1, 0.15) is 37.2 Å². The Morgan fingerprint density at radius 3 is 2.74 bits per heavy atom. The van der Waals surface area contributed by atoms with E-state index in [-0.39, 0.29) is 24.5 Å². The molecule has 0 heterocycles. The van der Waals surface area contributed by atoms with Crippen molar-refractivity contribution in [3.05, 3.63) is 48.0 Å². The van der Waals surface area contributed by atoms with E-state index in [1.165, 1.54) is 29.2 Å². The van der Waals surface area contributed by atoms with Crippen LogP contribution in [-0.4, -0.2) is 23.7 Å². The van der Waals surface area contributed by atoms with Crippen LogP contribution in [0.25, 0.3) is 10.8 Å². The number of amides is 1. The van der Waals surface area contributed by atoms with Gasteiger partial charge in [-0.25, -0.2) is 0 Å². The lowest BCUT2D eigenvalue weighted by molar-refractivity contribution is -0.123. The van der Waals surface area contributed by atoms with E-state index in [0.29, 0.717) is 18.3 Å². The summed E-state index contributed by atoms with van der Waals surface area (Å²) in [5.74, 6) is 1.20. The zero-order valence-corrected chi connectivity index (χ0v) is 13.2. The third kappa shape index (κ3) is 2.98. The molecule has 4 rings (SSSR count). The molecule has 2 N–H and O–H groups in total. The minimum Gasteiger partial charge on any atom is -0.396 e. The molecular formula is C20H23NO2. The Balaban J connectivity index is 1.47. The number of aliphatic hydroxyl groups excluding tert-OH is 1. The molecule has 3 atom stereocenters. The Kier molecular flexibility index (Phi) is 3.82. The standard InChI is InChI=1S/C20H23NO2/c22-11-10-19(14-8-9-14)21-20(23)18-12-17(18)16-7-3-5-13-4-1-2-6-15(13)16/h1-7,14,17-19,22H,8-12H2,(H,21,23). The summed E-state index contributed by atoms with van der Waals surface area (Å²) in [6.45, 7) is 0.152. The molecule has 2 fully saturated rings. The van der Waals surface area contributed by atoms with Gasteiger partial charge in [0.25, 0.3) is 0 Å². The summed E-state index contributed by atoms with van der Waals surface area (Å²) in [4.78, 5) is 12.5. The average Bonchev–Trinajstić information content (AvgIpc) is 3.47. The van der Waals surface area contributed by atoms with Gasteiger partial charge in [0.05, 0.1) is 0 Å². The molecule has 0 saturated heterocycles. The van der Waals surface area contributed by atoms with Crippen molar-refractivity contribution < 1.29 is 9.90 Å². The van der Waals surface area contributed by atoms with Crippen LogP contribution in [0.5, 0.6) is 0 Å². The predicted molar refractivity (Wildman–Crippen MR) is 91.2 cm³/mol. The van der Waals surface area contributed by atoms with Crippen LogP contribution in [0.15, 0.2) is 42.5 Å². The molecule has 1 amide bonds. The number of aliphatic hydroxyl groups is 1. The fourth-order valence-corrected chi connectivity index (χ4v) is 3.76. The molecule has 2 saturated carbocycles. The highest BCUT2D eigenvalue weighted by Crippen LogP contribution is 2.49. The smallest absolute Gasteiger partial charge is 0.223 e. The van der Waals surface area contributed by atoms with Crippen LogP contribution in [0.2, 0.25) is 0 Å². The second-order valence-electron chi connectivity index (χ2n) is 6.98. The lowest BCUT2D eigenvalue weighted by Crippen LogP contribution is -2.38. The maximum absolute atomic E-state index is 12.5. The summed E-state index contributed by atoms with van der Waals surface area (Å²) < 4.78 is 0. The first-order valence-electron chi connectivity index (χ1n) is 8.67. The Morgan fingerprint density at radius 2 is 1.96 bits per heavy atom.